The normalized spacial score (nSPS) is 19.6. The number of nitrogens with zero attached hydrogens (tertiary/aromatic N) is 2. The van der Waals surface area contributed by atoms with Crippen molar-refractivity contribution in [2.75, 3.05) is 30.6 Å². The fourth-order valence-electron chi connectivity index (χ4n) is 9.64. The Morgan fingerprint density at radius 3 is 1.69 bits per heavy atom. The number of rotatable bonds is 2. The molecule has 2 nitrogen and oxygen atoms in total. The standard InChI is InChI=1S/C45H48N2P2/c1-28(2)48-38-24-20-30-12-8-16-34(30)42(38)46(5)44-36-18-10-14-32(36)22-26-40(44)49(7,29(3)4)41-27-23-33-15-11-19-37(33)45(41)47(6)43-35-17-9-13-31(35)21-25-39(43)48/h8-12,15,17-18,20-29,49H,13-14,16,19H2,1-7H3. The van der Waals surface area contributed by atoms with Crippen LogP contribution >= 0.6 is 15.2 Å². The number of anilines is 4. The second-order valence-corrected chi connectivity index (χ2v) is 22.8. The summed E-state index contributed by atoms with van der Waals surface area (Å²) < 4.78 is 0. The van der Waals surface area contributed by atoms with Gasteiger partial charge in [0, 0.05) is 0 Å². The zero-order valence-corrected chi connectivity index (χ0v) is 32.0. The molecule has 0 aromatic heterocycles. The molecule has 0 spiro atoms. The maximum atomic E-state index is 2.68. The van der Waals surface area contributed by atoms with Gasteiger partial charge in [0.1, 0.15) is 0 Å². The van der Waals surface area contributed by atoms with E-state index < -0.39 is 15.2 Å². The molecule has 0 saturated carbocycles. The van der Waals surface area contributed by atoms with Gasteiger partial charge in [0.2, 0.25) is 0 Å². The summed E-state index contributed by atoms with van der Waals surface area (Å²) in [5.74, 6) is 0. The summed E-state index contributed by atoms with van der Waals surface area (Å²) in [5, 5.41) is 6.17. The summed E-state index contributed by atoms with van der Waals surface area (Å²) in [5.41, 5.74) is 18.3. The van der Waals surface area contributed by atoms with E-state index in [4.69, 9.17) is 0 Å². The van der Waals surface area contributed by atoms with Crippen molar-refractivity contribution >= 4 is 83.5 Å². The molecule has 248 valence electrons. The predicted octanol–water partition coefficient (Wildman–Crippen LogP) is 9.39. The van der Waals surface area contributed by atoms with Gasteiger partial charge in [-0.05, 0) is 0 Å². The fraction of sp³-hybridized carbons (Fsp3) is 0.289. The molecule has 0 fully saturated rings. The second kappa shape index (κ2) is 11.4. The van der Waals surface area contributed by atoms with E-state index in [-0.39, 0.29) is 0 Å². The number of allylic oxidation sites excluding steroid dienone is 4. The van der Waals surface area contributed by atoms with Gasteiger partial charge in [-0.3, -0.25) is 0 Å². The van der Waals surface area contributed by atoms with Crippen molar-refractivity contribution in [1.29, 1.82) is 0 Å². The van der Waals surface area contributed by atoms with Gasteiger partial charge in [-0.1, -0.05) is 0 Å². The van der Waals surface area contributed by atoms with Crippen molar-refractivity contribution < 1.29 is 0 Å². The Morgan fingerprint density at radius 2 is 1.04 bits per heavy atom. The van der Waals surface area contributed by atoms with E-state index in [1.807, 2.05) is 0 Å². The first-order valence-electron chi connectivity index (χ1n) is 18.3. The van der Waals surface area contributed by atoms with Crippen LogP contribution in [0, 0.1) is 0 Å². The van der Waals surface area contributed by atoms with Gasteiger partial charge in [-0.2, -0.15) is 0 Å². The quantitative estimate of drug-likeness (QED) is 0.195. The van der Waals surface area contributed by atoms with Gasteiger partial charge in [-0.15, -0.1) is 0 Å². The third-order valence-corrected chi connectivity index (χ3v) is 20.5. The van der Waals surface area contributed by atoms with Gasteiger partial charge < -0.3 is 0 Å². The summed E-state index contributed by atoms with van der Waals surface area (Å²) in [6.07, 6.45) is 23.1. The zero-order chi connectivity index (χ0) is 33.8. The van der Waals surface area contributed by atoms with Crippen molar-refractivity contribution in [3.63, 3.8) is 0 Å². The molecule has 0 saturated heterocycles. The molecule has 4 aromatic carbocycles. The Bertz CT molecular complexity index is 2200. The van der Waals surface area contributed by atoms with Crippen molar-refractivity contribution in [3.05, 3.63) is 117 Å². The van der Waals surface area contributed by atoms with Gasteiger partial charge in [-0.25, -0.2) is 0 Å². The molecule has 1 atom stereocenters. The van der Waals surface area contributed by atoms with Crippen LogP contribution in [-0.4, -0.2) is 32.1 Å². The summed E-state index contributed by atoms with van der Waals surface area (Å²) in [4.78, 5) is 5.37. The third-order valence-electron chi connectivity index (χ3n) is 12.3. The first-order valence-corrected chi connectivity index (χ1v) is 22.3. The summed E-state index contributed by atoms with van der Waals surface area (Å²) in [7, 11) is 1.69. The number of hydrogen-bond acceptors (Lipinski definition) is 2. The van der Waals surface area contributed by atoms with E-state index in [1.165, 1.54) is 77.9 Å². The molecule has 0 bridgehead atoms. The van der Waals surface area contributed by atoms with E-state index >= 15 is 0 Å². The van der Waals surface area contributed by atoms with Gasteiger partial charge >= 0.3 is 296 Å². The minimum absolute atomic E-state index is 0.465. The third kappa shape index (κ3) is 4.39. The van der Waals surface area contributed by atoms with Crippen molar-refractivity contribution in [2.24, 2.45) is 0 Å². The molecule has 0 radical (unpaired) electrons. The molecule has 1 aliphatic heterocycles. The molecule has 9 rings (SSSR count). The zero-order valence-electron chi connectivity index (χ0n) is 30.1. The Kier molecular flexibility index (Phi) is 7.29. The molecule has 4 aliphatic carbocycles. The van der Waals surface area contributed by atoms with Crippen LogP contribution in [0.15, 0.2) is 72.8 Å². The Labute approximate surface area is 295 Å². The Morgan fingerprint density at radius 1 is 0.551 bits per heavy atom. The monoisotopic (exact) mass is 678 g/mol. The molecule has 1 heterocycles. The van der Waals surface area contributed by atoms with Crippen LogP contribution in [0.5, 0.6) is 0 Å². The summed E-state index contributed by atoms with van der Waals surface area (Å²) in [6, 6.07) is 19.9. The minimum atomic E-state index is -2.41. The van der Waals surface area contributed by atoms with Crippen molar-refractivity contribution in [3.8, 4) is 0 Å². The van der Waals surface area contributed by atoms with Gasteiger partial charge in [0.25, 0.3) is 0 Å². The Hall–Kier alpha value is -3.70. The molecular formula is C45H48N2P2. The molecule has 5 aliphatic rings. The van der Waals surface area contributed by atoms with Crippen molar-refractivity contribution in [2.45, 2.75) is 64.7 Å². The molecule has 0 amide bonds. The predicted molar refractivity (Wildman–Crippen MR) is 223 cm³/mol. The molecule has 4 aromatic rings. The van der Waals surface area contributed by atoms with E-state index in [2.05, 4.69) is 155 Å². The van der Waals surface area contributed by atoms with Gasteiger partial charge in [0.15, 0.2) is 0 Å². The topological polar surface area (TPSA) is 6.48 Å². The SMILES string of the molecule is CC(C)P1c2ccc3c(c2N(C)c2c(ccc4c2CC=C4)[PH](C)(C(C)C)c2ccc4c(c2N(C)c2c1ccc1c2CC=C1)C=CC4)C=CC3. The fourth-order valence-corrected chi connectivity index (χ4v) is 16.5. The molecular weight excluding hydrogens is 630 g/mol. The van der Waals surface area contributed by atoms with Crippen LogP contribution in [0.4, 0.5) is 22.7 Å². The molecule has 4 heteroatoms. The number of fused-ring (bicyclic) bond motifs is 12. The van der Waals surface area contributed by atoms with E-state index in [1.54, 1.807) is 10.6 Å². The van der Waals surface area contributed by atoms with Crippen molar-refractivity contribution in [1.82, 2.24) is 0 Å². The van der Waals surface area contributed by atoms with Crippen LogP contribution in [0.1, 0.15) is 72.2 Å². The van der Waals surface area contributed by atoms with E-state index in [9.17, 15) is 0 Å². The molecule has 0 N–H and O–H groups in total. The average molecular weight is 679 g/mol. The van der Waals surface area contributed by atoms with Crippen LogP contribution in [0.3, 0.4) is 0 Å². The Balaban J connectivity index is 1.48. The number of benzene rings is 4. The van der Waals surface area contributed by atoms with Crippen LogP contribution in [0.25, 0.3) is 24.3 Å². The average Bonchev–Trinajstić information content (AvgIpc) is 3.92. The summed E-state index contributed by atoms with van der Waals surface area (Å²) in [6.45, 7) is 12.6. The first-order chi connectivity index (χ1) is 23.7. The number of hydrogen-bond donors (Lipinski definition) is 0. The second-order valence-electron chi connectivity index (χ2n) is 15.4. The van der Waals surface area contributed by atoms with E-state index in [0.717, 1.165) is 25.7 Å². The first kappa shape index (κ1) is 31.3. The maximum absolute atomic E-state index is 2.68. The van der Waals surface area contributed by atoms with Crippen LogP contribution in [-0.2, 0) is 25.7 Å². The van der Waals surface area contributed by atoms with Crippen LogP contribution < -0.4 is 31.0 Å². The van der Waals surface area contributed by atoms with E-state index in [0.29, 0.717) is 11.3 Å². The molecule has 1 unspecified atom stereocenters. The van der Waals surface area contributed by atoms with Crippen LogP contribution in [0.2, 0.25) is 0 Å². The summed E-state index contributed by atoms with van der Waals surface area (Å²) >= 11 is 0. The van der Waals surface area contributed by atoms with Gasteiger partial charge in [0.05, 0.1) is 0 Å². The molecule has 49 heavy (non-hydrogen) atoms.